The number of anilines is 1. The Labute approximate surface area is 109 Å². The quantitative estimate of drug-likeness (QED) is 0.898. The van der Waals surface area contributed by atoms with Gasteiger partial charge in [0, 0.05) is 25.1 Å². The van der Waals surface area contributed by atoms with Crippen LogP contribution in [-0.4, -0.2) is 25.6 Å². The summed E-state index contributed by atoms with van der Waals surface area (Å²) in [6.07, 6.45) is 0.333. The fourth-order valence-electron chi connectivity index (χ4n) is 1.85. The summed E-state index contributed by atoms with van der Waals surface area (Å²) < 4.78 is 5.05. The fraction of sp³-hybridized carbons (Fsp3) is 0.364. The van der Waals surface area contributed by atoms with Crippen molar-refractivity contribution in [3.8, 4) is 5.75 Å². The van der Waals surface area contributed by atoms with Crippen LogP contribution < -0.4 is 15.4 Å². The number of rotatable bonds is 2. The summed E-state index contributed by atoms with van der Waals surface area (Å²) in [5.74, 6) is 0.442. The van der Waals surface area contributed by atoms with Crippen LogP contribution in [0.5, 0.6) is 5.75 Å². The molecule has 1 heterocycles. The number of carbonyl (C=O) groups excluding carboxylic acids is 1. The monoisotopic (exact) mass is 274 g/mol. The van der Waals surface area contributed by atoms with Gasteiger partial charge in [-0.25, -0.2) is 0 Å². The van der Waals surface area contributed by atoms with Gasteiger partial charge in [0.25, 0.3) is 0 Å². The Balaban J connectivity index is 2.39. The van der Waals surface area contributed by atoms with Crippen LogP contribution in [0, 0.1) is 0 Å². The second-order valence-corrected chi connectivity index (χ2v) is 4.72. The van der Waals surface area contributed by atoms with Gasteiger partial charge < -0.3 is 15.4 Å². The standard InChI is InChI=1S/C11H12Cl2N2O2/c1-17-10-4-7(12)9(3-8(10)13)15-5-6(14)2-11(15)16/h3-4,6H,2,5,14H2,1H3. The van der Waals surface area contributed by atoms with E-state index < -0.39 is 0 Å². The molecule has 1 aliphatic rings. The van der Waals surface area contributed by atoms with Crippen molar-refractivity contribution in [1.29, 1.82) is 0 Å². The number of nitrogens with zero attached hydrogens (tertiary/aromatic N) is 1. The maximum absolute atomic E-state index is 11.7. The predicted molar refractivity (Wildman–Crippen MR) is 68.0 cm³/mol. The lowest BCUT2D eigenvalue weighted by Gasteiger charge is -2.18. The number of halogens is 2. The van der Waals surface area contributed by atoms with Gasteiger partial charge in [0.15, 0.2) is 0 Å². The number of nitrogens with two attached hydrogens (primary N) is 1. The van der Waals surface area contributed by atoms with E-state index in [9.17, 15) is 4.79 Å². The molecule has 2 N–H and O–H groups in total. The van der Waals surface area contributed by atoms with Crippen molar-refractivity contribution in [2.24, 2.45) is 5.73 Å². The molecule has 0 aromatic heterocycles. The Hall–Kier alpha value is -0.970. The van der Waals surface area contributed by atoms with Gasteiger partial charge in [-0.05, 0) is 6.07 Å². The van der Waals surface area contributed by atoms with E-state index in [1.807, 2.05) is 0 Å². The topological polar surface area (TPSA) is 55.6 Å². The molecule has 2 rings (SSSR count). The molecule has 1 fully saturated rings. The molecule has 6 heteroatoms. The van der Waals surface area contributed by atoms with Gasteiger partial charge >= 0.3 is 0 Å². The van der Waals surface area contributed by atoms with E-state index in [-0.39, 0.29) is 11.9 Å². The highest BCUT2D eigenvalue weighted by atomic mass is 35.5. The molecule has 1 amide bonds. The lowest BCUT2D eigenvalue weighted by molar-refractivity contribution is -0.117. The van der Waals surface area contributed by atoms with Gasteiger partial charge in [-0.1, -0.05) is 23.2 Å². The van der Waals surface area contributed by atoms with Crippen molar-refractivity contribution in [1.82, 2.24) is 0 Å². The molecule has 1 unspecified atom stereocenters. The number of amides is 1. The van der Waals surface area contributed by atoms with Crippen molar-refractivity contribution in [2.45, 2.75) is 12.5 Å². The van der Waals surface area contributed by atoms with Gasteiger partial charge in [-0.15, -0.1) is 0 Å². The third-order valence-electron chi connectivity index (χ3n) is 2.67. The minimum absolute atomic E-state index is 0.0411. The third-order valence-corrected chi connectivity index (χ3v) is 3.27. The fourth-order valence-corrected chi connectivity index (χ4v) is 2.34. The molecule has 92 valence electrons. The van der Waals surface area contributed by atoms with Crippen LogP contribution in [0.3, 0.4) is 0 Å². The van der Waals surface area contributed by atoms with Gasteiger partial charge in [0.2, 0.25) is 5.91 Å². The van der Waals surface area contributed by atoms with Crippen LogP contribution in [-0.2, 0) is 4.79 Å². The smallest absolute Gasteiger partial charge is 0.228 e. The van der Waals surface area contributed by atoms with Gasteiger partial charge in [0.05, 0.1) is 22.8 Å². The molecule has 1 aromatic carbocycles. The average molecular weight is 275 g/mol. The molecule has 0 bridgehead atoms. The van der Waals surface area contributed by atoms with Crippen molar-refractivity contribution in [2.75, 3.05) is 18.6 Å². The van der Waals surface area contributed by atoms with E-state index in [2.05, 4.69) is 0 Å². The van der Waals surface area contributed by atoms with E-state index >= 15 is 0 Å². The molecule has 1 aliphatic heterocycles. The van der Waals surface area contributed by atoms with Gasteiger partial charge in [-0.3, -0.25) is 4.79 Å². The van der Waals surface area contributed by atoms with Crippen molar-refractivity contribution < 1.29 is 9.53 Å². The Kier molecular flexibility index (Phi) is 3.47. The lowest BCUT2D eigenvalue weighted by Crippen LogP contribution is -2.28. The number of hydrogen-bond acceptors (Lipinski definition) is 3. The zero-order chi connectivity index (χ0) is 12.6. The van der Waals surface area contributed by atoms with Crippen LogP contribution in [0.15, 0.2) is 12.1 Å². The summed E-state index contributed by atoms with van der Waals surface area (Å²) in [5, 5.41) is 0.842. The number of methoxy groups -OCH3 is 1. The number of hydrogen-bond donors (Lipinski definition) is 1. The van der Waals surface area contributed by atoms with E-state index in [0.717, 1.165) is 0 Å². The molecule has 1 atom stereocenters. The first-order chi connectivity index (χ1) is 8.02. The highest BCUT2D eigenvalue weighted by Gasteiger charge is 2.29. The van der Waals surface area contributed by atoms with E-state index in [1.54, 1.807) is 17.0 Å². The van der Waals surface area contributed by atoms with Crippen LogP contribution in [0.2, 0.25) is 10.0 Å². The van der Waals surface area contributed by atoms with Gasteiger partial charge in [0.1, 0.15) is 5.75 Å². The molecule has 0 radical (unpaired) electrons. The Morgan fingerprint density at radius 1 is 1.41 bits per heavy atom. The first kappa shape index (κ1) is 12.5. The summed E-state index contributed by atoms with van der Waals surface area (Å²) in [5.41, 5.74) is 6.31. The molecule has 17 heavy (non-hydrogen) atoms. The highest BCUT2D eigenvalue weighted by molar-refractivity contribution is 6.36. The lowest BCUT2D eigenvalue weighted by atomic mass is 10.2. The Morgan fingerprint density at radius 3 is 2.65 bits per heavy atom. The minimum Gasteiger partial charge on any atom is -0.495 e. The highest BCUT2D eigenvalue weighted by Crippen LogP contribution is 2.37. The van der Waals surface area contributed by atoms with Crippen LogP contribution >= 0.6 is 23.2 Å². The normalized spacial score (nSPS) is 19.9. The maximum Gasteiger partial charge on any atom is 0.228 e. The second-order valence-electron chi connectivity index (χ2n) is 3.91. The first-order valence-electron chi connectivity index (χ1n) is 5.12. The summed E-state index contributed by atoms with van der Waals surface area (Å²) in [6.45, 7) is 0.460. The molecule has 0 spiro atoms. The van der Waals surface area contributed by atoms with E-state index in [0.29, 0.717) is 34.4 Å². The van der Waals surface area contributed by atoms with Crippen LogP contribution in [0.4, 0.5) is 5.69 Å². The van der Waals surface area contributed by atoms with Crippen molar-refractivity contribution >= 4 is 34.8 Å². The predicted octanol–water partition coefficient (Wildman–Crippen LogP) is 2.07. The third kappa shape index (κ3) is 2.34. The summed E-state index contributed by atoms with van der Waals surface area (Å²) in [7, 11) is 1.51. The second kappa shape index (κ2) is 4.72. The van der Waals surface area contributed by atoms with E-state index in [4.69, 9.17) is 33.7 Å². The molecular formula is C11H12Cl2N2O2. The van der Waals surface area contributed by atoms with Crippen molar-refractivity contribution in [3.05, 3.63) is 22.2 Å². The Morgan fingerprint density at radius 2 is 2.12 bits per heavy atom. The summed E-state index contributed by atoms with van der Waals surface area (Å²) in [4.78, 5) is 13.3. The first-order valence-corrected chi connectivity index (χ1v) is 5.87. The average Bonchev–Trinajstić information content (AvgIpc) is 2.60. The molecular weight excluding hydrogens is 263 g/mol. The zero-order valence-corrected chi connectivity index (χ0v) is 10.8. The zero-order valence-electron chi connectivity index (χ0n) is 9.24. The maximum atomic E-state index is 11.7. The molecule has 1 aromatic rings. The minimum atomic E-state index is -0.153. The molecule has 1 saturated heterocycles. The molecule has 4 nitrogen and oxygen atoms in total. The van der Waals surface area contributed by atoms with Gasteiger partial charge in [-0.2, -0.15) is 0 Å². The van der Waals surface area contributed by atoms with Crippen molar-refractivity contribution in [3.63, 3.8) is 0 Å². The molecule has 0 aliphatic carbocycles. The largest absolute Gasteiger partial charge is 0.495 e. The van der Waals surface area contributed by atoms with Crippen LogP contribution in [0.1, 0.15) is 6.42 Å². The Bertz CT molecular complexity index is 465. The van der Waals surface area contributed by atoms with E-state index in [1.165, 1.54) is 7.11 Å². The number of carbonyl (C=O) groups is 1. The summed E-state index contributed by atoms with van der Waals surface area (Å²) >= 11 is 12.1. The number of benzene rings is 1. The van der Waals surface area contributed by atoms with Crippen LogP contribution in [0.25, 0.3) is 0 Å². The molecule has 0 saturated carbocycles. The SMILES string of the molecule is COc1cc(Cl)c(N2CC(N)CC2=O)cc1Cl. The number of ether oxygens (including phenoxy) is 1. The summed E-state index contributed by atoms with van der Waals surface area (Å²) in [6, 6.07) is 3.06.